The molecule has 0 nitrogen and oxygen atoms in total. The van der Waals surface area contributed by atoms with Crippen molar-refractivity contribution in [2.45, 2.75) is 37.6 Å². The number of rotatable bonds is 4. The van der Waals surface area contributed by atoms with Gasteiger partial charge in [0.2, 0.25) is 0 Å². The van der Waals surface area contributed by atoms with Gasteiger partial charge >= 0.3 is 5.51 Å². The van der Waals surface area contributed by atoms with E-state index in [1.54, 1.807) is 0 Å². The van der Waals surface area contributed by atoms with Gasteiger partial charge in [-0.3, -0.25) is 0 Å². The highest BCUT2D eigenvalue weighted by Crippen LogP contribution is 2.44. The standard InChI is InChI=1S/C9H14ClF3S/c10-7-8(3-1-2-4-8)5-6-14-9(11,12)13/h1-7H2. The molecule has 1 aliphatic rings. The monoisotopic (exact) mass is 246 g/mol. The highest BCUT2D eigenvalue weighted by molar-refractivity contribution is 8.00. The van der Waals surface area contributed by atoms with Crippen LogP contribution in [0.15, 0.2) is 0 Å². The lowest BCUT2D eigenvalue weighted by Gasteiger charge is -2.25. The van der Waals surface area contributed by atoms with Gasteiger partial charge in [0, 0.05) is 11.6 Å². The Morgan fingerprint density at radius 3 is 2.21 bits per heavy atom. The van der Waals surface area contributed by atoms with Crippen molar-refractivity contribution in [2.75, 3.05) is 11.6 Å². The predicted octanol–water partition coefficient (Wildman–Crippen LogP) is 4.43. The molecule has 1 aliphatic carbocycles. The van der Waals surface area contributed by atoms with Gasteiger partial charge in [-0.15, -0.1) is 11.6 Å². The fourth-order valence-electron chi connectivity index (χ4n) is 1.96. The van der Waals surface area contributed by atoms with E-state index in [4.69, 9.17) is 11.6 Å². The largest absolute Gasteiger partial charge is 0.441 e. The molecular weight excluding hydrogens is 233 g/mol. The maximum atomic E-state index is 11.9. The summed E-state index contributed by atoms with van der Waals surface area (Å²) in [4.78, 5) is 0. The Hall–Kier alpha value is 0.430. The van der Waals surface area contributed by atoms with Crippen molar-refractivity contribution in [3.05, 3.63) is 0 Å². The first kappa shape index (κ1) is 12.5. The van der Waals surface area contributed by atoms with E-state index in [1.165, 1.54) is 0 Å². The number of halogens is 4. The zero-order chi connectivity index (χ0) is 10.7. The summed E-state index contributed by atoms with van der Waals surface area (Å²) in [7, 11) is 0. The van der Waals surface area contributed by atoms with Crippen LogP contribution in [0.25, 0.3) is 0 Å². The van der Waals surface area contributed by atoms with E-state index in [2.05, 4.69) is 0 Å². The third-order valence-electron chi connectivity index (χ3n) is 2.85. The van der Waals surface area contributed by atoms with E-state index in [1.807, 2.05) is 0 Å². The normalized spacial score (nSPS) is 21.4. The molecule has 1 rings (SSSR count). The van der Waals surface area contributed by atoms with Crippen LogP contribution in [0.1, 0.15) is 32.1 Å². The molecule has 84 valence electrons. The smallest absolute Gasteiger partial charge is 0.160 e. The van der Waals surface area contributed by atoms with Crippen LogP contribution in [0.3, 0.4) is 0 Å². The van der Waals surface area contributed by atoms with Gasteiger partial charge in [0.15, 0.2) is 0 Å². The zero-order valence-corrected chi connectivity index (χ0v) is 9.44. The van der Waals surface area contributed by atoms with Crippen molar-refractivity contribution in [2.24, 2.45) is 5.41 Å². The van der Waals surface area contributed by atoms with Crippen LogP contribution in [0, 0.1) is 5.41 Å². The Labute approximate surface area is 91.6 Å². The molecule has 0 aromatic heterocycles. The molecule has 0 bridgehead atoms. The molecule has 1 saturated carbocycles. The van der Waals surface area contributed by atoms with E-state index < -0.39 is 5.51 Å². The number of alkyl halides is 4. The van der Waals surface area contributed by atoms with Crippen LogP contribution in [0.2, 0.25) is 0 Å². The maximum absolute atomic E-state index is 11.9. The van der Waals surface area contributed by atoms with Gasteiger partial charge in [-0.2, -0.15) is 13.2 Å². The fraction of sp³-hybridized carbons (Fsp3) is 1.00. The molecule has 0 aromatic rings. The first-order valence-corrected chi connectivity index (χ1v) is 6.26. The molecule has 0 atom stereocenters. The summed E-state index contributed by atoms with van der Waals surface area (Å²) in [6, 6.07) is 0. The van der Waals surface area contributed by atoms with Gasteiger partial charge < -0.3 is 0 Å². The van der Waals surface area contributed by atoms with Crippen molar-refractivity contribution >= 4 is 23.4 Å². The van der Waals surface area contributed by atoms with E-state index >= 15 is 0 Å². The van der Waals surface area contributed by atoms with E-state index in [0.717, 1.165) is 25.7 Å². The second-order valence-electron chi connectivity index (χ2n) is 3.88. The molecule has 0 N–H and O–H groups in total. The fourth-order valence-corrected chi connectivity index (χ4v) is 3.13. The lowest BCUT2D eigenvalue weighted by Crippen LogP contribution is -2.20. The van der Waals surface area contributed by atoms with E-state index in [-0.39, 0.29) is 22.9 Å². The third-order valence-corrected chi connectivity index (χ3v) is 4.15. The highest BCUT2D eigenvalue weighted by Gasteiger charge is 2.35. The molecule has 5 heteroatoms. The molecule has 14 heavy (non-hydrogen) atoms. The van der Waals surface area contributed by atoms with Crippen LogP contribution in [-0.4, -0.2) is 17.1 Å². The van der Waals surface area contributed by atoms with Gasteiger partial charge in [0.05, 0.1) is 0 Å². The van der Waals surface area contributed by atoms with Gasteiger partial charge in [-0.1, -0.05) is 24.6 Å². The van der Waals surface area contributed by atoms with Gasteiger partial charge in [0.25, 0.3) is 0 Å². The van der Waals surface area contributed by atoms with Gasteiger partial charge in [0.1, 0.15) is 0 Å². The molecular formula is C9H14ClF3S. The maximum Gasteiger partial charge on any atom is 0.441 e. The lowest BCUT2D eigenvalue weighted by atomic mass is 9.86. The molecule has 1 fully saturated rings. The molecule has 0 aliphatic heterocycles. The van der Waals surface area contributed by atoms with Crippen LogP contribution in [-0.2, 0) is 0 Å². The molecule has 0 amide bonds. The van der Waals surface area contributed by atoms with Crippen molar-refractivity contribution in [1.82, 2.24) is 0 Å². The van der Waals surface area contributed by atoms with Gasteiger partial charge in [-0.25, -0.2) is 0 Å². The summed E-state index contributed by atoms with van der Waals surface area (Å²) >= 11 is 5.90. The first-order chi connectivity index (χ1) is 6.47. The van der Waals surface area contributed by atoms with E-state index in [0.29, 0.717) is 12.3 Å². The second kappa shape index (κ2) is 4.97. The molecule has 0 aromatic carbocycles. The van der Waals surface area contributed by atoms with Crippen molar-refractivity contribution < 1.29 is 13.2 Å². The molecule has 0 saturated heterocycles. The van der Waals surface area contributed by atoms with Crippen molar-refractivity contribution in [3.8, 4) is 0 Å². The summed E-state index contributed by atoms with van der Waals surface area (Å²) < 4.78 is 35.7. The van der Waals surface area contributed by atoms with E-state index in [9.17, 15) is 13.2 Å². The summed E-state index contributed by atoms with van der Waals surface area (Å²) in [6.45, 7) is 0. The number of hydrogen-bond donors (Lipinski definition) is 0. The summed E-state index contributed by atoms with van der Waals surface area (Å²) in [5.41, 5.74) is -4.09. The van der Waals surface area contributed by atoms with Crippen LogP contribution < -0.4 is 0 Å². The lowest BCUT2D eigenvalue weighted by molar-refractivity contribution is -0.0329. The van der Waals surface area contributed by atoms with Crippen molar-refractivity contribution in [1.29, 1.82) is 0 Å². The van der Waals surface area contributed by atoms with Gasteiger partial charge in [-0.05, 0) is 24.7 Å². The van der Waals surface area contributed by atoms with Crippen LogP contribution in [0.4, 0.5) is 13.2 Å². The Morgan fingerprint density at radius 1 is 1.21 bits per heavy atom. The first-order valence-electron chi connectivity index (χ1n) is 4.74. The number of hydrogen-bond acceptors (Lipinski definition) is 1. The molecule has 0 unspecified atom stereocenters. The topological polar surface area (TPSA) is 0 Å². The molecule has 0 radical (unpaired) electrons. The van der Waals surface area contributed by atoms with Crippen molar-refractivity contribution in [3.63, 3.8) is 0 Å². The molecule has 0 heterocycles. The second-order valence-corrected chi connectivity index (χ2v) is 5.31. The highest BCUT2D eigenvalue weighted by atomic mass is 35.5. The Morgan fingerprint density at radius 2 is 1.79 bits per heavy atom. The molecule has 0 spiro atoms. The SMILES string of the molecule is FC(F)(F)SCCC1(CCl)CCCC1. The zero-order valence-electron chi connectivity index (χ0n) is 7.87. The third kappa shape index (κ3) is 3.89. The summed E-state index contributed by atoms with van der Waals surface area (Å²) in [6.07, 6.45) is 4.82. The minimum Gasteiger partial charge on any atom is -0.160 e. The van der Waals surface area contributed by atoms with Crippen LogP contribution >= 0.6 is 23.4 Å². The summed E-state index contributed by atoms with van der Waals surface area (Å²) in [5.74, 6) is 0.654. The Balaban J connectivity index is 2.28. The quantitative estimate of drug-likeness (QED) is 0.662. The predicted molar refractivity (Wildman–Crippen MR) is 54.8 cm³/mol. The Bertz CT molecular complexity index is 175. The average molecular weight is 247 g/mol. The minimum absolute atomic E-state index is 0.000193. The average Bonchev–Trinajstić information content (AvgIpc) is 2.52. The number of thioether (sulfide) groups is 1. The summed E-state index contributed by atoms with van der Waals surface area (Å²) in [5, 5.41) is 0. The minimum atomic E-state index is -4.09. The van der Waals surface area contributed by atoms with Crippen LogP contribution in [0.5, 0.6) is 0 Å². The Kier molecular flexibility index (Phi) is 4.44.